The van der Waals surface area contributed by atoms with Gasteiger partial charge in [-0.2, -0.15) is 0 Å². The van der Waals surface area contributed by atoms with Gasteiger partial charge in [0.2, 0.25) is 0 Å². The summed E-state index contributed by atoms with van der Waals surface area (Å²) >= 11 is 0. The van der Waals surface area contributed by atoms with Crippen molar-refractivity contribution in [2.45, 2.75) is 18.4 Å². The molecule has 0 aromatic carbocycles. The summed E-state index contributed by atoms with van der Waals surface area (Å²) in [5.41, 5.74) is 0. The van der Waals surface area contributed by atoms with Crippen molar-refractivity contribution in [3.63, 3.8) is 0 Å². The highest BCUT2D eigenvalue weighted by atomic mass is 29.3. The molecule has 9 heteroatoms. The third-order valence-electron chi connectivity index (χ3n) is 3.34. The Hall–Kier alpha value is 0.154. The fourth-order valence-corrected chi connectivity index (χ4v) is 11.6. The second kappa shape index (κ2) is 6.07. The molecule has 1 fully saturated rings. The van der Waals surface area contributed by atoms with Crippen molar-refractivity contribution in [2.75, 3.05) is 42.7 Å². The molecule has 0 N–H and O–H groups in total. The average molecular weight is 298 g/mol. The molecule has 0 aromatic rings. The highest BCUT2D eigenvalue weighted by Gasteiger charge is 2.73. The number of rotatable bonds is 6. The molecule has 0 amide bonds. The van der Waals surface area contributed by atoms with Gasteiger partial charge in [0.25, 0.3) is 5.97 Å². The summed E-state index contributed by atoms with van der Waals surface area (Å²) in [7, 11) is 3.40. The Morgan fingerprint density at radius 3 is 1.67 bits per heavy atom. The summed E-state index contributed by atoms with van der Waals surface area (Å²) in [6.45, 7) is 0. The van der Waals surface area contributed by atoms with Crippen LogP contribution in [-0.2, 0) is 31.6 Å². The zero-order valence-electron chi connectivity index (χ0n) is 11.8. The molecular weight excluding hydrogens is 276 g/mol. The lowest BCUT2D eigenvalue weighted by atomic mass is 10.4. The minimum absolute atomic E-state index is 0.495. The van der Waals surface area contributed by atoms with Gasteiger partial charge in [-0.25, -0.2) is 0 Å². The predicted molar refractivity (Wildman–Crippen MR) is 66.8 cm³/mol. The van der Waals surface area contributed by atoms with Crippen LogP contribution in [0.1, 0.15) is 6.42 Å². The van der Waals surface area contributed by atoms with Gasteiger partial charge < -0.3 is 31.6 Å². The Labute approximate surface area is 110 Å². The summed E-state index contributed by atoms with van der Waals surface area (Å²) in [5.74, 6) is -1.16. The molecule has 0 unspecified atom stereocenters. The number of ether oxygens (including phenoxy) is 2. The van der Waals surface area contributed by atoms with Crippen LogP contribution < -0.4 is 0 Å². The first kappa shape index (κ1) is 16.2. The van der Waals surface area contributed by atoms with E-state index >= 15 is 0 Å². The van der Waals surface area contributed by atoms with Gasteiger partial charge in [-0.15, -0.1) is 0 Å². The monoisotopic (exact) mass is 298 g/mol. The van der Waals surface area contributed by atoms with E-state index in [4.69, 9.17) is 31.6 Å². The van der Waals surface area contributed by atoms with Gasteiger partial charge in [0.1, 0.15) is 0 Å². The maximum atomic E-state index is 5.92. The van der Waals surface area contributed by atoms with Crippen LogP contribution in [-0.4, -0.2) is 65.0 Å². The van der Waals surface area contributed by atoms with Crippen LogP contribution in [0.5, 0.6) is 0 Å². The van der Waals surface area contributed by atoms with Crippen LogP contribution in [0.25, 0.3) is 0 Å². The number of methoxy groups -OCH3 is 2. The first-order valence-electron chi connectivity index (χ1n) is 5.54. The van der Waals surface area contributed by atoms with Crippen molar-refractivity contribution in [1.82, 2.24) is 0 Å². The summed E-state index contributed by atoms with van der Waals surface area (Å²) < 4.78 is 38.8. The molecule has 0 aromatic heterocycles. The molecule has 1 saturated heterocycles. The third kappa shape index (κ3) is 2.30. The van der Waals surface area contributed by atoms with Crippen molar-refractivity contribution in [1.29, 1.82) is 0 Å². The van der Waals surface area contributed by atoms with Crippen LogP contribution in [0.15, 0.2) is 0 Å². The smallest absolute Gasteiger partial charge is 0.395 e. The Bertz CT molecular complexity index is 264. The minimum Gasteiger partial charge on any atom is -0.395 e. The number of hydrogen-bond acceptors (Lipinski definition) is 7. The van der Waals surface area contributed by atoms with Crippen molar-refractivity contribution < 1.29 is 31.6 Å². The van der Waals surface area contributed by atoms with Crippen LogP contribution >= 0.6 is 0 Å². The van der Waals surface area contributed by atoms with Gasteiger partial charge >= 0.3 is 16.4 Å². The van der Waals surface area contributed by atoms with Gasteiger partial charge in [0, 0.05) is 55.1 Å². The minimum atomic E-state index is -3.14. The first-order valence-corrected chi connectivity index (χ1v) is 10.3. The molecular formula is C9H22O7Si2. The Morgan fingerprint density at radius 2 is 1.33 bits per heavy atom. The quantitative estimate of drug-likeness (QED) is 0.519. The second-order valence-corrected chi connectivity index (χ2v) is 12.9. The van der Waals surface area contributed by atoms with Gasteiger partial charge in [-0.1, -0.05) is 0 Å². The molecule has 1 aliphatic heterocycles. The van der Waals surface area contributed by atoms with Crippen molar-refractivity contribution >= 4 is 16.4 Å². The summed E-state index contributed by atoms with van der Waals surface area (Å²) in [4.78, 5) is 0. The Balaban J connectivity index is 3.14. The van der Waals surface area contributed by atoms with E-state index in [2.05, 4.69) is 0 Å². The van der Waals surface area contributed by atoms with E-state index in [0.717, 1.165) is 0 Å². The SMILES string of the molecule is COC1(OC)CC[Si](OC)(OC)[Si](OC)(OC)O1. The van der Waals surface area contributed by atoms with Crippen molar-refractivity contribution in [3.8, 4) is 0 Å². The maximum Gasteiger partial charge on any atom is 0.542 e. The van der Waals surface area contributed by atoms with Crippen LogP contribution in [0.2, 0.25) is 6.04 Å². The van der Waals surface area contributed by atoms with Crippen LogP contribution in [0.4, 0.5) is 0 Å². The van der Waals surface area contributed by atoms with Gasteiger partial charge in [-0.3, -0.25) is 0 Å². The molecule has 0 spiro atoms. The standard InChI is InChI=1S/C9H22O7Si2/c1-10-9(11-2)7-8-17(12-3,13-4)18(14-5,15-6)16-9/h7-8H2,1-6H3. The van der Waals surface area contributed by atoms with Crippen molar-refractivity contribution in [2.24, 2.45) is 0 Å². The van der Waals surface area contributed by atoms with Gasteiger partial charge in [0.05, 0.1) is 0 Å². The zero-order valence-corrected chi connectivity index (χ0v) is 13.8. The lowest BCUT2D eigenvalue weighted by Gasteiger charge is -2.48. The summed E-state index contributed by atoms with van der Waals surface area (Å²) in [5, 5.41) is 0. The van der Waals surface area contributed by atoms with Gasteiger partial charge in [0.15, 0.2) is 0 Å². The van der Waals surface area contributed by atoms with E-state index in [0.29, 0.717) is 12.5 Å². The zero-order chi connectivity index (χ0) is 13.9. The molecule has 7 nitrogen and oxygen atoms in total. The van der Waals surface area contributed by atoms with Gasteiger partial charge in [-0.05, 0) is 0 Å². The molecule has 1 aliphatic rings. The molecule has 18 heavy (non-hydrogen) atoms. The highest BCUT2D eigenvalue weighted by Crippen LogP contribution is 2.41. The van der Waals surface area contributed by atoms with Crippen LogP contribution in [0.3, 0.4) is 0 Å². The summed E-state index contributed by atoms with van der Waals surface area (Å²) in [6, 6.07) is 0.607. The van der Waals surface area contributed by atoms with E-state index < -0.39 is 22.4 Å². The first-order chi connectivity index (χ1) is 8.53. The Kier molecular flexibility index (Phi) is 5.47. The normalized spacial score (nSPS) is 25.0. The average Bonchev–Trinajstić information content (AvgIpc) is 2.46. The predicted octanol–water partition coefficient (Wildman–Crippen LogP) is 0.398. The number of hydrogen-bond donors (Lipinski definition) is 0. The fourth-order valence-electron chi connectivity index (χ4n) is 2.19. The van der Waals surface area contributed by atoms with E-state index in [-0.39, 0.29) is 0 Å². The summed E-state index contributed by atoms with van der Waals surface area (Å²) in [6.07, 6.45) is 0.495. The second-order valence-electron chi connectivity index (χ2n) is 3.82. The topological polar surface area (TPSA) is 64.6 Å². The lowest BCUT2D eigenvalue weighted by Crippen LogP contribution is -2.76. The Morgan fingerprint density at radius 1 is 0.833 bits per heavy atom. The van der Waals surface area contributed by atoms with Crippen molar-refractivity contribution in [3.05, 3.63) is 0 Å². The molecule has 0 bridgehead atoms. The molecule has 0 saturated carbocycles. The molecule has 1 heterocycles. The van der Waals surface area contributed by atoms with E-state index in [9.17, 15) is 0 Å². The van der Waals surface area contributed by atoms with E-state index in [1.807, 2.05) is 0 Å². The molecule has 0 radical (unpaired) electrons. The third-order valence-corrected chi connectivity index (χ3v) is 14.5. The highest BCUT2D eigenvalue weighted by molar-refractivity contribution is 7.29. The van der Waals surface area contributed by atoms with E-state index in [1.165, 1.54) is 28.4 Å². The fraction of sp³-hybridized carbons (Fsp3) is 1.00. The molecule has 1 rings (SSSR count). The largest absolute Gasteiger partial charge is 0.542 e. The van der Waals surface area contributed by atoms with Crippen LogP contribution in [0, 0.1) is 0 Å². The maximum absolute atomic E-state index is 5.92. The molecule has 0 aliphatic carbocycles. The molecule has 108 valence electrons. The lowest BCUT2D eigenvalue weighted by molar-refractivity contribution is -0.341. The molecule has 0 atom stereocenters. The van der Waals surface area contributed by atoms with E-state index in [1.54, 1.807) is 14.2 Å².